The number of benzene rings is 1. The highest BCUT2D eigenvalue weighted by atomic mass is 35.5. The van der Waals surface area contributed by atoms with E-state index in [2.05, 4.69) is 27.7 Å². The van der Waals surface area contributed by atoms with Gasteiger partial charge in [0.15, 0.2) is 0 Å². The third kappa shape index (κ3) is 4.69. The maximum atomic E-state index is 6.28. The molecule has 0 amide bonds. The van der Waals surface area contributed by atoms with Crippen LogP contribution in [0.3, 0.4) is 0 Å². The molecule has 0 bridgehead atoms. The predicted molar refractivity (Wildman–Crippen MR) is 76.4 cm³/mol. The molecule has 0 aromatic heterocycles. The maximum Gasteiger partial charge on any atom is 0.0409 e. The molecule has 2 N–H and O–H groups in total. The van der Waals surface area contributed by atoms with Gasteiger partial charge in [0.05, 0.1) is 0 Å². The first-order valence-corrected chi connectivity index (χ1v) is 6.79. The van der Waals surface area contributed by atoms with Crippen LogP contribution >= 0.6 is 11.6 Å². The van der Waals surface area contributed by atoms with Crippen LogP contribution in [0.25, 0.3) is 0 Å². The van der Waals surface area contributed by atoms with Crippen molar-refractivity contribution >= 4 is 11.6 Å². The Morgan fingerprint density at radius 2 is 1.82 bits per heavy atom. The van der Waals surface area contributed by atoms with E-state index in [1.165, 1.54) is 17.5 Å². The third-order valence-corrected chi connectivity index (χ3v) is 3.41. The number of halogens is 1. The molecule has 1 nitrogen and oxygen atoms in total. The van der Waals surface area contributed by atoms with Gasteiger partial charge in [-0.15, -0.1) is 0 Å². The topological polar surface area (TPSA) is 26.0 Å². The molecule has 0 aliphatic carbocycles. The molecule has 96 valence electrons. The first kappa shape index (κ1) is 14.5. The molecule has 0 spiro atoms. The first-order chi connectivity index (χ1) is 7.90. The van der Waals surface area contributed by atoms with E-state index in [1.54, 1.807) is 0 Å². The quantitative estimate of drug-likeness (QED) is 0.807. The Bertz CT molecular complexity index is 360. The number of hydrogen-bond acceptors (Lipinski definition) is 1. The minimum Gasteiger partial charge on any atom is -0.324 e. The molecule has 2 heteroatoms. The second kappa shape index (κ2) is 6.42. The van der Waals surface area contributed by atoms with Gasteiger partial charge in [-0.05, 0) is 54.9 Å². The Morgan fingerprint density at radius 3 is 2.41 bits per heavy atom. The molecule has 0 saturated heterocycles. The van der Waals surface area contributed by atoms with E-state index in [0.717, 1.165) is 17.4 Å². The Balaban J connectivity index is 2.69. The third-order valence-electron chi connectivity index (χ3n) is 3.17. The van der Waals surface area contributed by atoms with Gasteiger partial charge in [-0.2, -0.15) is 0 Å². The van der Waals surface area contributed by atoms with Crippen LogP contribution in [0.2, 0.25) is 5.02 Å². The lowest BCUT2D eigenvalue weighted by Crippen LogP contribution is -2.16. The zero-order chi connectivity index (χ0) is 13.0. The largest absolute Gasteiger partial charge is 0.324 e. The average molecular weight is 254 g/mol. The van der Waals surface area contributed by atoms with E-state index in [0.29, 0.717) is 5.92 Å². The number of nitrogens with two attached hydrogens (primary N) is 1. The summed E-state index contributed by atoms with van der Waals surface area (Å²) in [6.45, 7) is 8.89. The van der Waals surface area contributed by atoms with Crippen LogP contribution in [-0.4, -0.2) is 0 Å². The summed E-state index contributed by atoms with van der Waals surface area (Å²) >= 11 is 6.03. The van der Waals surface area contributed by atoms with Gasteiger partial charge >= 0.3 is 0 Å². The number of rotatable bonds is 5. The SMILES string of the molecule is Cc1ccc(Cl)cc1C(N)CC(C)CC(C)C. The van der Waals surface area contributed by atoms with E-state index < -0.39 is 0 Å². The Hall–Kier alpha value is -0.530. The molecule has 1 rings (SSSR count). The van der Waals surface area contributed by atoms with Gasteiger partial charge in [0, 0.05) is 11.1 Å². The Labute approximate surface area is 110 Å². The second-order valence-corrected chi connectivity index (χ2v) is 6.01. The summed E-state index contributed by atoms with van der Waals surface area (Å²) in [5, 5.41) is 0.776. The minimum absolute atomic E-state index is 0.0995. The maximum absolute atomic E-state index is 6.28. The van der Waals surface area contributed by atoms with Crippen LogP contribution in [-0.2, 0) is 0 Å². The zero-order valence-corrected chi connectivity index (χ0v) is 12.1. The molecule has 0 fully saturated rings. The van der Waals surface area contributed by atoms with Gasteiger partial charge in [0.25, 0.3) is 0 Å². The van der Waals surface area contributed by atoms with Crippen molar-refractivity contribution in [2.24, 2.45) is 17.6 Å². The van der Waals surface area contributed by atoms with E-state index in [-0.39, 0.29) is 6.04 Å². The van der Waals surface area contributed by atoms with Crippen molar-refractivity contribution < 1.29 is 0 Å². The summed E-state index contributed by atoms with van der Waals surface area (Å²) in [6, 6.07) is 6.07. The smallest absolute Gasteiger partial charge is 0.0409 e. The summed E-state index contributed by atoms with van der Waals surface area (Å²) in [4.78, 5) is 0. The summed E-state index contributed by atoms with van der Waals surface area (Å²) in [6.07, 6.45) is 2.26. The molecule has 1 aromatic rings. The lowest BCUT2D eigenvalue weighted by atomic mass is 9.89. The van der Waals surface area contributed by atoms with E-state index in [1.807, 2.05) is 18.2 Å². The van der Waals surface area contributed by atoms with Gasteiger partial charge in [-0.1, -0.05) is 38.4 Å². The standard InChI is InChI=1S/C15H24ClN/c1-10(2)7-11(3)8-15(17)14-9-13(16)6-5-12(14)4/h5-6,9-11,15H,7-8,17H2,1-4H3. The molecular formula is C15H24ClN. The molecule has 0 saturated carbocycles. The van der Waals surface area contributed by atoms with Crippen molar-refractivity contribution in [1.82, 2.24) is 0 Å². The normalized spacial score (nSPS) is 15.0. The molecule has 0 heterocycles. The van der Waals surface area contributed by atoms with Gasteiger partial charge < -0.3 is 5.73 Å². The molecule has 2 atom stereocenters. The second-order valence-electron chi connectivity index (χ2n) is 5.58. The highest BCUT2D eigenvalue weighted by Gasteiger charge is 2.14. The lowest BCUT2D eigenvalue weighted by molar-refractivity contribution is 0.387. The van der Waals surface area contributed by atoms with Crippen LogP contribution in [0.5, 0.6) is 0 Å². The highest BCUT2D eigenvalue weighted by Crippen LogP contribution is 2.27. The fourth-order valence-corrected chi connectivity index (χ4v) is 2.65. The highest BCUT2D eigenvalue weighted by molar-refractivity contribution is 6.30. The molecule has 0 aliphatic rings. The molecule has 17 heavy (non-hydrogen) atoms. The lowest BCUT2D eigenvalue weighted by Gasteiger charge is -2.20. The van der Waals surface area contributed by atoms with Gasteiger partial charge in [0.1, 0.15) is 0 Å². The van der Waals surface area contributed by atoms with Crippen molar-refractivity contribution in [3.63, 3.8) is 0 Å². The van der Waals surface area contributed by atoms with Crippen LogP contribution in [0, 0.1) is 18.8 Å². The van der Waals surface area contributed by atoms with Crippen LogP contribution in [0.4, 0.5) is 0 Å². The van der Waals surface area contributed by atoms with Crippen molar-refractivity contribution in [2.45, 2.75) is 46.6 Å². The number of hydrogen-bond donors (Lipinski definition) is 1. The van der Waals surface area contributed by atoms with Crippen LogP contribution in [0.1, 0.15) is 50.8 Å². The van der Waals surface area contributed by atoms with Gasteiger partial charge in [-0.3, -0.25) is 0 Å². The summed E-state index contributed by atoms with van der Waals surface area (Å²) in [5.41, 5.74) is 8.71. The van der Waals surface area contributed by atoms with E-state index in [4.69, 9.17) is 17.3 Å². The molecule has 2 unspecified atom stereocenters. The minimum atomic E-state index is 0.0995. The summed E-state index contributed by atoms with van der Waals surface area (Å²) in [7, 11) is 0. The zero-order valence-electron chi connectivity index (χ0n) is 11.3. The van der Waals surface area contributed by atoms with Gasteiger partial charge in [-0.25, -0.2) is 0 Å². The Morgan fingerprint density at radius 1 is 1.18 bits per heavy atom. The molecule has 0 radical (unpaired) electrons. The van der Waals surface area contributed by atoms with Crippen molar-refractivity contribution in [1.29, 1.82) is 0 Å². The van der Waals surface area contributed by atoms with Crippen LogP contribution < -0.4 is 5.73 Å². The molecule has 1 aromatic carbocycles. The van der Waals surface area contributed by atoms with Crippen molar-refractivity contribution in [2.75, 3.05) is 0 Å². The fourth-order valence-electron chi connectivity index (χ4n) is 2.47. The van der Waals surface area contributed by atoms with Gasteiger partial charge in [0.2, 0.25) is 0 Å². The number of aryl methyl sites for hydroxylation is 1. The van der Waals surface area contributed by atoms with Crippen molar-refractivity contribution in [3.05, 3.63) is 34.3 Å². The predicted octanol–water partition coefficient (Wildman–Crippen LogP) is 4.72. The van der Waals surface area contributed by atoms with Crippen molar-refractivity contribution in [3.8, 4) is 0 Å². The fraction of sp³-hybridized carbons (Fsp3) is 0.600. The average Bonchev–Trinajstić information content (AvgIpc) is 2.20. The molecule has 0 aliphatic heterocycles. The van der Waals surface area contributed by atoms with E-state index in [9.17, 15) is 0 Å². The summed E-state index contributed by atoms with van der Waals surface area (Å²) in [5.74, 6) is 1.39. The molecular weight excluding hydrogens is 230 g/mol. The summed E-state index contributed by atoms with van der Waals surface area (Å²) < 4.78 is 0. The monoisotopic (exact) mass is 253 g/mol. The van der Waals surface area contributed by atoms with E-state index >= 15 is 0 Å². The Kier molecular flexibility index (Phi) is 5.48. The first-order valence-electron chi connectivity index (χ1n) is 6.41. The van der Waals surface area contributed by atoms with Crippen LogP contribution in [0.15, 0.2) is 18.2 Å².